The molecule has 2 unspecified atom stereocenters. The number of aliphatic hydroxyl groups excluding tert-OH is 1. The van der Waals surface area contributed by atoms with Gasteiger partial charge in [-0.15, -0.1) is 0 Å². The molecule has 1 heterocycles. The Kier molecular flexibility index (Phi) is 7.30. The van der Waals surface area contributed by atoms with Crippen LogP contribution in [0.25, 0.3) is 0 Å². The zero-order chi connectivity index (χ0) is 23.3. The number of rotatable bonds is 7. The van der Waals surface area contributed by atoms with Gasteiger partial charge in [0.25, 0.3) is 0 Å². The summed E-state index contributed by atoms with van der Waals surface area (Å²) in [4.78, 5) is 26.7. The molecule has 2 atom stereocenters. The number of hydrogen-bond acceptors (Lipinski definition) is 7. The predicted octanol–water partition coefficient (Wildman–Crippen LogP) is 4.34. The SMILES string of the molecule is COC1=C(O)C2CC2C(C)=C1.COc1ccc(CC(=O)c2ccc(C=O)cn2)cc1OC. The van der Waals surface area contributed by atoms with Gasteiger partial charge in [0.15, 0.2) is 29.3 Å². The number of ketones is 1. The van der Waals surface area contributed by atoms with Gasteiger partial charge >= 0.3 is 0 Å². The Hall–Kier alpha value is -3.61. The summed E-state index contributed by atoms with van der Waals surface area (Å²) in [6.45, 7) is 2.09. The number of ether oxygens (including phenoxy) is 3. The second-order valence-electron chi connectivity index (χ2n) is 7.67. The van der Waals surface area contributed by atoms with E-state index in [0.717, 1.165) is 12.0 Å². The number of benzene rings is 1. The van der Waals surface area contributed by atoms with Gasteiger partial charge in [0.1, 0.15) is 11.5 Å². The average Bonchev–Trinajstić information content (AvgIpc) is 3.64. The lowest BCUT2D eigenvalue weighted by Crippen LogP contribution is -2.06. The van der Waals surface area contributed by atoms with Crippen molar-refractivity contribution in [2.75, 3.05) is 21.3 Å². The highest BCUT2D eigenvalue weighted by molar-refractivity contribution is 5.96. The fourth-order valence-electron chi connectivity index (χ4n) is 3.64. The Labute approximate surface area is 187 Å². The molecule has 168 valence electrons. The van der Waals surface area contributed by atoms with Crippen LogP contribution in [0.15, 0.2) is 59.7 Å². The van der Waals surface area contributed by atoms with Crippen LogP contribution in [-0.2, 0) is 11.2 Å². The molecular weight excluding hydrogens is 410 g/mol. The van der Waals surface area contributed by atoms with Gasteiger partial charge < -0.3 is 19.3 Å². The lowest BCUT2D eigenvalue weighted by Gasteiger charge is -2.11. The third-order valence-corrected chi connectivity index (χ3v) is 5.58. The summed E-state index contributed by atoms with van der Waals surface area (Å²) in [6.07, 6.45) is 5.31. The number of fused-ring (bicyclic) bond motifs is 1. The van der Waals surface area contributed by atoms with Crippen molar-refractivity contribution >= 4 is 12.1 Å². The lowest BCUT2D eigenvalue weighted by molar-refractivity contribution is 0.0987. The molecule has 7 nitrogen and oxygen atoms in total. The van der Waals surface area contributed by atoms with Gasteiger partial charge in [-0.3, -0.25) is 14.6 Å². The number of Topliss-reactive ketones (excluding diaryl/α,β-unsaturated/α-hetero) is 1. The van der Waals surface area contributed by atoms with Crippen molar-refractivity contribution in [3.05, 3.63) is 76.5 Å². The Morgan fingerprint density at radius 1 is 1.09 bits per heavy atom. The van der Waals surface area contributed by atoms with E-state index in [2.05, 4.69) is 11.9 Å². The average molecular weight is 437 g/mol. The minimum absolute atomic E-state index is 0.125. The maximum Gasteiger partial charge on any atom is 0.185 e. The van der Waals surface area contributed by atoms with Gasteiger partial charge in [0, 0.05) is 24.1 Å². The minimum Gasteiger partial charge on any atom is -0.508 e. The van der Waals surface area contributed by atoms with Crippen LogP contribution in [0.2, 0.25) is 0 Å². The fraction of sp³-hybridized carbons (Fsp3) is 0.320. The molecule has 7 heteroatoms. The van der Waals surface area contributed by atoms with Crippen molar-refractivity contribution < 1.29 is 28.9 Å². The summed E-state index contributed by atoms with van der Waals surface area (Å²) in [5.41, 5.74) is 2.91. The normalized spacial score (nSPS) is 18.4. The highest BCUT2D eigenvalue weighted by atomic mass is 16.5. The van der Waals surface area contributed by atoms with Gasteiger partial charge in [-0.1, -0.05) is 11.6 Å². The predicted molar refractivity (Wildman–Crippen MR) is 119 cm³/mol. The lowest BCUT2D eigenvalue weighted by atomic mass is 10.0. The zero-order valence-corrected chi connectivity index (χ0v) is 18.6. The first-order chi connectivity index (χ1) is 15.4. The Balaban J connectivity index is 0.000000219. The maximum absolute atomic E-state index is 12.1. The number of carbonyl (C=O) groups excluding carboxylic acids is 2. The van der Waals surface area contributed by atoms with Crippen molar-refractivity contribution in [2.45, 2.75) is 19.8 Å². The third kappa shape index (κ3) is 5.17. The molecule has 0 radical (unpaired) electrons. The molecule has 1 N–H and O–H groups in total. The number of aldehydes is 1. The molecule has 1 aromatic heterocycles. The van der Waals surface area contributed by atoms with E-state index in [4.69, 9.17) is 14.2 Å². The molecule has 2 aliphatic carbocycles. The van der Waals surface area contributed by atoms with Crippen LogP contribution >= 0.6 is 0 Å². The number of aliphatic hydroxyl groups is 1. The van der Waals surface area contributed by atoms with Gasteiger partial charge in [0.05, 0.1) is 21.3 Å². The molecule has 4 rings (SSSR count). The molecule has 2 aliphatic rings. The van der Waals surface area contributed by atoms with E-state index in [1.165, 1.54) is 11.8 Å². The third-order valence-electron chi connectivity index (χ3n) is 5.58. The van der Waals surface area contributed by atoms with Gasteiger partial charge in [-0.25, -0.2) is 0 Å². The van der Waals surface area contributed by atoms with Gasteiger partial charge in [-0.2, -0.15) is 0 Å². The molecule has 0 spiro atoms. The first-order valence-corrected chi connectivity index (χ1v) is 10.2. The zero-order valence-electron chi connectivity index (χ0n) is 18.6. The number of carbonyl (C=O) groups is 2. The van der Waals surface area contributed by atoms with E-state index < -0.39 is 0 Å². The number of pyridine rings is 1. The summed E-state index contributed by atoms with van der Waals surface area (Å²) < 4.78 is 15.4. The topological polar surface area (TPSA) is 95.0 Å². The van der Waals surface area contributed by atoms with Crippen molar-refractivity contribution in [3.8, 4) is 11.5 Å². The maximum atomic E-state index is 12.1. The Bertz CT molecular complexity index is 1050. The molecule has 0 saturated heterocycles. The molecule has 0 bridgehead atoms. The molecular formula is C25H27NO6. The van der Waals surface area contributed by atoms with E-state index in [1.807, 2.05) is 6.08 Å². The number of aromatic nitrogens is 1. The monoisotopic (exact) mass is 437 g/mol. The number of hydrogen-bond donors (Lipinski definition) is 1. The largest absolute Gasteiger partial charge is 0.508 e. The molecule has 1 saturated carbocycles. The van der Waals surface area contributed by atoms with E-state index >= 15 is 0 Å². The molecule has 32 heavy (non-hydrogen) atoms. The molecule has 2 aromatic rings. The van der Waals surface area contributed by atoms with E-state index in [9.17, 15) is 14.7 Å². The summed E-state index contributed by atoms with van der Waals surface area (Å²) in [5.74, 6) is 3.14. The molecule has 1 aromatic carbocycles. The van der Waals surface area contributed by atoms with Gasteiger partial charge in [0.2, 0.25) is 0 Å². The standard InChI is InChI=1S/C16H15NO4.C9H12O2/c1-20-15-6-4-11(8-16(15)21-2)7-14(19)13-5-3-12(10-18)9-17-13;1-5-3-8(11-2)9(10)7-4-6(5)7/h3-6,8-10H,7H2,1-2H3;3,6-7,10H,4H2,1-2H3. The fourth-order valence-corrected chi connectivity index (χ4v) is 3.64. The molecule has 1 fully saturated rings. The van der Waals surface area contributed by atoms with Crippen molar-refractivity contribution in [2.24, 2.45) is 11.8 Å². The number of methoxy groups -OCH3 is 3. The van der Waals surface area contributed by atoms with Crippen LogP contribution < -0.4 is 9.47 Å². The van der Waals surface area contributed by atoms with Crippen molar-refractivity contribution in [1.82, 2.24) is 4.98 Å². The van der Waals surface area contributed by atoms with E-state index in [1.54, 1.807) is 51.7 Å². The summed E-state index contributed by atoms with van der Waals surface area (Å²) >= 11 is 0. The minimum atomic E-state index is -0.125. The first-order valence-electron chi connectivity index (χ1n) is 10.2. The Morgan fingerprint density at radius 3 is 2.44 bits per heavy atom. The second-order valence-corrected chi connectivity index (χ2v) is 7.67. The van der Waals surface area contributed by atoms with Crippen LogP contribution in [0, 0.1) is 11.8 Å². The first kappa shape index (κ1) is 23.1. The van der Waals surface area contributed by atoms with Crippen LogP contribution in [-0.4, -0.2) is 43.5 Å². The van der Waals surface area contributed by atoms with Crippen LogP contribution in [0.4, 0.5) is 0 Å². The van der Waals surface area contributed by atoms with Crippen molar-refractivity contribution in [3.63, 3.8) is 0 Å². The van der Waals surface area contributed by atoms with E-state index in [-0.39, 0.29) is 12.2 Å². The van der Waals surface area contributed by atoms with Crippen molar-refractivity contribution in [1.29, 1.82) is 0 Å². The smallest absolute Gasteiger partial charge is 0.185 e. The number of allylic oxidation sites excluding steroid dienone is 3. The van der Waals surface area contributed by atoms with Crippen LogP contribution in [0.1, 0.15) is 39.8 Å². The second kappa shape index (κ2) is 10.1. The van der Waals surface area contributed by atoms with Crippen LogP contribution in [0.5, 0.6) is 11.5 Å². The summed E-state index contributed by atoms with van der Waals surface area (Å²) in [5, 5.41) is 9.51. The molecule has 0 amide bonds. The number of nitrogens with zero attached hydrogens (tertiary/aromatic N) is 1. The highest BCUT2D eigenvalue weighted by Crippen LogP contribution is 2.51. The molecule has 0 aliphatic heterocycles. The summed E-state index contributed by atoms with van der Waals surface area (Å²) in [7, 11) is 4.70. The van der Waals surface area contributed by atoms with Crippen LogP contribution in [0.3, 0.4) is 0 Å². The van der Waals surface area contributed by atoms with E-state index in [0.29, 0.717) is 52.4 Å². The Morgan fingerprint density at radius 2 is 1.84 bits per heavy atom. The highest BCUT2D eigenvalue weighted by Gasteiger charge is 2.45. The van der Waals surface area contributed by atoms with Gasteiger partial charge in [-0.05, 0) is 55.2 Å². The quantitative estimate of drug-likeness (QED) is 0.509. The summed E-state index contributed by atoms with van der Waals surface area (Å²) in [6, 6.07) is 8.44.